The SMILES string of the molecule is COC(=O)CCCNC(C)C1CCOC1. The highest BCUT2D eigenvalue weighted by molar-refractivity contribution is 5.69. The highest BCUT2D eigenvalue weighted by Gasteiger charge is 2.21. The number of nitrogens with one attached hydrogen (secondary N) is 1. The lowest BCUT2D eigenvalue weighted by molar-refractivity contribution is -0.140. The van der Waals surface area contributed by atoms with E-state index in [4.69, 9.17) is 4.74 Å². The van der Waals surface area contributed by atoms with E-state index in [1.54, 1.807) is 0 Å². The van der Waals surface area contributed by atoms with Crippen molar-refractivity contribution in [2.75, 3.05) is 26.9 Å². The molecule has 1 aliphatic rings. The lowest BCUT2D eigenvalue weighted by Gasteiger charge is -2.18. The maximum Gasteiger partial charge on any atom is 0.305 e. The van der Waals surface area contributed by atoms with Gasteiger partial charge < -0.3 is 14.8 Å². The highest BCUT2D eigenvalue weighted by Crippen LogP contribution is 2.16. The number of methoxy groups -OCH3 is 1. The minimum atomic E-state index is -0.131. The lowest BCUT2D eigenvalue weighted by Crippen LogP contribution is -2.34. The number of esters is 1. The second kappa shape index (κ2) is 6.80. The van der Waals surface area contributed by atoms with Crippen LogP contribution in [0.15, 0.2) is 0 Å². The van der Waals surface area contributed by atoms with Crippen molar-refractivity contribution >= 4 is 5.97 Å². The third-order valence-corrected chi connectivity index (χ3v) is 2.92. The van der Waals surface area contributed by atoms with Crippen LogP contribution in [0.5, 0.6) is 0 Å². The van der Waals surface area contributed by atoms with Gasteiger partial charge in [-0.25, -0.2) is 0 Å². The Labute approximate surface area is 91.3 Å². The molecule has 1 N–H and O–H groups in total. The summed E-state index contributed by atoms with van der Waals surface area (Å²) < 4.78 is 9.90. The van der Waals surface area contributed by atoms with E-state index in [2.05, 4.69) is 17.0 Å². The predicted molar refractivity (Wildman–Crippen MR) is 57.6 cm³/mol. The summed E-state index contributed by atoms with van der Waals surface area (Å²) in [6.45, 7) is 4.80. The van der Waals surface area contributed by atoms with E-state index >= 15 is 0 Å². The fourth-order valence-electron chi connectivity index (χ4n) is 1.78. The average Bonchev–Trinajstić information content (AvgIpc) is 2.77. The van der Waals surface area contributed by atoms with E-state index in [0.29, 0.717) is 18.4 Å². The van der Waals surface area contributed by atoms with Crippen molar-refractivity contribution in [3.63, 3.8) is 0 Å². The van der Waals surface area contributed by atoms with E-state index in [1.807, 2.05) is 0 Å². The molecule has 0 aliphatic carbocycles. The molecule has 0 radical (unpaired) electrons. The molecule has 0 saturated carbocycles. The van der Waals surface area contributed by atoms with Crippen molar-refractivity contribution in [2.24, 2.45) is 5.92 Å². The van der Waals surface area contributed by atoms with Crippen LogP contribution in [0.2, 0.25) is 0 Å². The first kappa shape index (κ1) is 12.5. The molecule has 0 amide bonds. The first-order chi connectivity index (χ1) is 7.24. The summed E-state index contributed by atoms with van der Waals surface area (Å²) in [6, 6.07) is 0.477. The zero-order valence-electron chi connectivity index (χ0n) is 9.62. The van der Waals surface area contributed by atoms with Gasteiger partial charge in [-0.05, 0) is 32.2 Å². The molecule has 0 bridgehead atoms. The molecule has 88 valence electrons. The molecule has 0 aromatic rings. The van der Waals surface area contributed by atoms with Crippen LogP contribution in [0, 0.1) is 5.92 Å². The molecular weight excluding hydrogens is 194 g/mol. The standard InChI is InChI=1S/C11H21NO3/c1-9(10-5-7-15-8-10)12-6-3-4-11(13)14-2/h9-10,12H,3-8H2,1-2H3. The topological polar surface area (TPSA) is 47.6 Å². The molecule has 0 spiro atoms. The minimum absolute atomic E-state index is 0.131. The van der Waals surface area contributed by atoms with Crippen LogP contribution in [0.1, 0.15) is 26.2 Å². The number of hydrogen-bond acceptors (Lipinski definition) is 4. The van der Waals surface area contributed by atoms with Crippen LogP contribution in [0.4, 0.5) is 0 Å². The zero-order valence-corrected chi connectivity index (χ0v) is 9.62. The van der Waals surface area contributed by atoms with Crippen LogP contribution >= 0.6 is 0 Å². The summed E-state index contributed by atoms with van der Waals surface area (Å²) in [6.07, 6.45) is 2.48. The van der Waals surface area contributed by atoms with Gasteiger partial charge in [-0.2, -0.15) is 0 Å². The van der Waals surface area contributed by atoms with Crippen LogP contribution in [0.3, 0.4) is 0 Å². The Kier molecular flexibility index (Phi) is 5.65. The van der Waals surface area contributed by atoms with Gasteiger partial charge in [0.1, 0.15) is 0 Å². The van der Waals surface area contributed by atoms with Gasteiger partial charge in [-0.1, -0.05) is 0 Å². The summed E-state index contributed by atoms with van der Waals surface area (Å²) >= 11 is 0. The largest absolute Gasteiger partial charge is 0.469 e. The molecule has 1 saturated heterocycles. The van der Waals surface area contributed by atoms with Crippen molar-refractivity contribution < 1.29 is 14.3 Å². The van der Waals surface area contributed by atoms with Crippen LogP contribution < -0.4 is 5.32 Å². The average molecular weight is 215 g/mol. The monoisotopic (exact) mass is 215 g/mol. The van der Waals surface area contributed by atoms with Gasteiger partial charge in [-0.3, -0.25) is 4.79 Å². The quantitative estimate of drug-likeness (QED) is 0.529. The summed E-state index contributed by atoms with van der Waals surface area (Å²) in [5.41, 5.74) is 0. The molecule has 1 heterocycles. The van der Waals surface area contributed by atoms with Crippen molar-refractivity contribution in [1.29, 1.82) is 0 Å². The van der Waals surface area contributed by atoms with Crippen molar-refractivity contribution in [3.05, 3.63) is 0 Å². The zero-order chi connectivity index (χ0) is 11.1. The van der Waals surface area contributed by atoms with Crippen LogP contribution in [-0.2, 0) is 14.3 Å². The van der Waals surface area contributed by atoms with Gasteiger partial charge in [0, 0.05) is 19.1 Å². The van der Waals surface area contributed by atoms with Gasteiger partial charge in [0.15, 0.2) is 0 Å². The number of hydrogen-bond donors (Lipinski definition) is 1. The fraction of sp³-hybridized carbons (Fsp3) is 0.909. The molecule has 15 heavy (non-hydrogen) atoms. The van der Waals surface area contributed by atoms with Gasteiger partial charge in [-0.15, -0.1) is 0 Å². The number of ether oxygens (including phenoxy) is 2. The summed E-state index contributed by atoms with van der Waals surface area (Å²) in [5.74, 6) is 0.497. The van der Waals surface area contributed by atoms with Crippen LogP contribution in [-0.4, -0.2) is 38.9 Å². The summed E-state index contributed by atoms with van der Waals surface area (Å²) in [7, 11) is 1.42. The Hall–Kier alpha value is -0.610. The maximum absolute atomic E-state index is 10.8. The van der Waals surface area contributed by atoms with Crippen molar-refractivity contribution in [1.82, 2.24) is 5.32 Å². The number of carbonyl (C=O) groups is 1. The third-order valence-electron chi connectivity index (χ3n) is 2.92. The first-order valence-electron chi connectivity index (χ1n) is 5.62. The smallest absolute Gasteiger partial charge is 0.305 e. The molecule has 2 atom stereocenters. The molecular formula is C11H21NO3. The highest BCUT2D eigenvalue weighted by atomic mass is 16.5. The van der Waals surface area contributed by atoms with Gasteiger partial charge in [0.2, 0.25) is 0 Å². The number of rotatable bonds is 6. The minimum Gasteiger partial charge on any atom is -0.469 e. The third kappa shape index (κ3) is 4.62. The Morgan fingerprint density at radius 3 is 3.07 bits per heavy atom. The van der Waals surface area contributed by atoms with Gasteiger partial charge in [0.25, 0.3) is 0 Å². The van der Waals surface area contributed by atoms with E-state index in [1.165, 1.54) is 7.11 Å². The Morgan fingerprint density at radius 1 is 1.67 bits per heavy atom. The lowest BCUT2D eigenvalue weighted by atomic mass is 10.0. The van der Waals surface area contributed by atoms with Crippen LogP contribution in [0.25, 0.3) is 0 Å². The van der Waals surface area contributed by atoms with Gasteiger partial charge in [0.05, 0.1) is 13.7 Å². The number of carbonyl (C=O) groups excluding carboxylic acids is 1. The molecule has 4 nitrogen and oxygen atoms in total. The first-order valence-corrected chi connectivity index (χ1v) is 5.62. The Bertz CT molecular complexity index is 190. The van der Waals surface area contributed by atoms with E-state index in [-0.39, 0.29) is 5.97 Å². The second-order valence-corrected chi connectivity index (χ2v) is 4.05. The van der Waals surface area contributed by atoms with E-state index in [0.717, 1.165) is 32.6 Å². The van der Waals surface area contributed by atoms with E-state index < -0.39 is 0 Å². The predicted octanol–water partition coefficient (Wildman–Crippen LogP) is 0.954. The van der Waals surface area contributed by atoms with E-state index in [9.17, 15) is 4.79 Å². The molecule has 0 aromatic heterocycles. The normalized spacial score (nSPS) is 22.7. The van der Waals surface area contributed by atoms with Crippen molar-refractivity contribution in [3.8, 4) is 0 Å². The molecule has 1 rings (SSSR count). The molecule has 1 fully saturated rings. The second-order valence-electron chi connectivity index (χ2n) is 4.05. The maximum atomic E-state index is 10.8. The molecule has 0 aromatic carbocycles. The summed E-state index contributed by atoms with van der Waals surface area (Å²) in [5, 5.41) is 3.42. The molecule has 2 unspecified atom stereocenters. The molecule has 1 aliphatic heterocycles. The van der Waals surface area contributed by atoms with Crippen molar-refractivity contribution in [2.45, 2.75) is 32.2 Å². The summed E-state index contributed by atoms with van der Waals surface area (Å²) in [4.78, 5) is 10.8. The Balaban J connectivity index is 2.01. The van der Waals surface area contributed by atoms with Gasteiger partial charge >= 0.3 is 5.97 Å². The fourth-order valence-corrected chi connectivity index (χ4v) is 1.78. The Morgan fingerprint density at radius 2 is 2.47 bits per heavy atom. The molecule has 4 heteroatoms.